The summed E-state index contributed by atoms with van der Waals surface area (Å²) in [5.41, 5.74) is 1.42. The predicted molar refractivity (Wildman–Crippen MR) is 76.4 cm³/mol. The highest BCUT2D eigenvalue weighted by Crippen LogP contribution is 2.31. The van der Waals surface area contributed by atoms with Crippen molar-refractivity contribution in [3.8, 4) is 6.07 Å². The topological polar surface area (TPSA) is 62.9 Å². The van der Waals surface area contributed by atoms with E-state index in [1.807, 2.05) is 24.3 Å². The summed E-state index contributed by atoms with van der Waals surface area (Å²) in [4.78, 5) is -0.300. The van der Waals surface area contributed by atoms with Gasteiger partial charge in [0.25, 0.3) is 0 Å². The van der Waals surface area contributed by atoms with Gasteiger partial charge in [-0.1, -0.05) is 29.8 Å². The van der Waals surface area contributed by atoms with Crippen LogP contribution in [0.2, 0.25) is 5.15 Å². The Morgan fingerprint density at radius 3 is 2.63 bits per heavy atom. The second kappa shape index (κ2) is 4.72. The normalized spacial score (nSPS) is 12.6. The number of hydrogen-bond acceptors (Lipinski definition) is 3. The third-order valence-electron chi connectivity index (χ3n) is 2.86. The number of aromatic nitrogens is 1. The van der Waals surface area contributed by atoms with Gasteiger partial charge in [0.2, 0.25) is 0 Å². The minimum atomic E-state index is -3.56. The Bertz CT molecular complexity index is 826. The van der Waals surface area contributed by atoms with Crippen molar-refractivity contribution in [3.63, 3.8) is 0 Å². The molecule has 0 spiro atoms. The molecule has 0 radical (unpaired) electrons. The molecule has 0 atom stereocenters. The fourth-order valence-electron chi connectivity index (χ4n) is 1.88. The second-order valence-corrected chi connectivity index (χ2v) is 6.52. The van der Waals surface area contributed by atoms with E-state index in [-0.39, 0.29) is 4.91 Å². The molecule has 0 aliphatic carbocycles. The number of allylic oxidation sites excluding steroid dienone is 1. The van der Waals surface area contributed by atoms with Crippen LogP contribution in [-0.2, 0) is 16.9 Å². The number of sulfone groups is 1. The van der Waals surface area contributed by atoms with Crippen LogP contribution in [0.4, 0.5) is 0 Å². The largest absolute Gasteiger partial charge is 0.334 e. The summed E-state index contributed by atoms with van der Waals surface area (Å²) in [5, 5.41) is 10.2. The average Bonchev–Trinajstić information content (AvgIpc) is 2.59. The summed E-state index contributed by atoms with van der Waals surface area (Å²) in [6.07, 6.45) is 2.32. The third kappa shape index (κ3) is 2.37. The van der Waals surface area contributed by atoms with E-state index in [9.17, 15) is 8.42 Å². The lowest BCUT2D eigenvalue weighted by Crippen LogP contribution is -1.98. The van der Waals surface area contributed by atoms with Gasteiger partial charge in [0.05, 0.1) is 0 Å². The Balaban J connectivity index is 2.82. The van der Waals surface area contributed by atoms with E-state index < -0.39 is 9.84 Å². The van der Waals surface area contributed by atoms with Crippen LogP contribution >= 0.6 is 11.6 Å². The van der Waals surface area contributed by atoms with Crippen molar-refractivity contribution in [2.24, 2.45) is 7.05 Å². The maximum Gasteiger partial charge on any atom is 0.185 e. The first-order chi connectivity index (χ1) is 8.86. The number of aryl methyl sites for hydroxylation is 1. The van der Waals surface area contributed by atoms with Crippen LogP contribution in [0.25, 0.3) is 17.0 Å². The van der Waals surface area contributed by atoms with Crippen LogP contribution in [-0.4, -0.2) is 19.2 Å². The molecule has 0 aliphatic heterocycles. The Morgan fingerprint density at radius 1 is 1.42 bits per heavy atom. The molecule has 4 nitrogen and oxygen atoms in total. The van der Waals surface area contributed by atoms with Gasteiger partial charge in [0.15, 0.2) is 9.84 Å². The smallest absolute Gasteiger partial charge is 0.185 e. The number of halogens is 1. The molecule has 19 heavy (non-hydrogen) atoms. The molecule has 0 saturated heterocycles. The first-order valence-corrected chi connectivity index (χ1v) is 7.68. The van der Waals surface area contributed by atoms with Crippen molar-refractivity contribution in [3.05, 3.63) is 39.9 Å². The standard InChI is InChI=1S/C13H11ClN2O2S/c1-16-12-6-4-3-5-10(12)11(13(16)14)7-9(8-15)19(2,17)18/h3-7H,1-2H3. The molecule has 6 heteroatoms. The Kier molecular flexibility index (Phi) is 3.40. The zero-order valence-electron chi connectivity index (χ0n) is 10.4. The lowest BCUT2D eigenvalue weighted by molar-refractivity contribution is 0.609. The summed E-state index contributed by atoms with van der Waals surface area (Å²) >= 11 is 6.20. The van der Waals surface area contributed by atoms with Gasteiger partial charge in [-0.25, -0.2) is 8.42 Å². The van der Waals surface area contributed by atoms with Gasteiger partial charge >= 0.3 is 0 Å². The molecule has 1 heterocycles. The molecule has 1 aromatic heterocycles. The Labute approximate surface area is 116 Å². The molecule has 0 N–H and O–H groups in total. The van der Waals surface area contributed by atoms with Crippen LogP contribution in [0, 0.1) is 11.3 Å². The lowest BCUT2D eigenvalue weighted by Gasteiger charge is -1.96. The molecule has 1 aromatic carbocycles. The van der Waals surface area contributed by atoms with E-state index in [0.717, 1.165) is 17.2 Å². The van der Waals surface area contributed by atoms with Crippen molar-refractivity contribution < 1.29 is 8.42 Å². The summed E-state index contributed by atoms with van der Waals surface area (Å²) in [7, 11) is -1.77. The molecule has 2 aromatic rings. The molecular formula is C13H11ClN2O2S. The first kappa shape index (κ1) is 13.7. The van der Waals surface area contributed by atoms with Gasteiger partial charge in [-0.3, -0.25) is 0 Å². The summed E-state index contributed by atoms with van der Waals surface area (Å²) < 4.78 is 24.7. The minimum Gasteiger partial charge on any atom is -0.334 e. The quantitative estimate of drug-likeness (QED) is 0.800. The molecular weight excluding hydrogens is 284 g/mol. The Morgan fingerprint density at radius 2 is 2.05 bits per heavy atom. The number of benzene rings is 1. The van der Waals surface area contributed by atoms with Crippen LogP contribution < -0.4 is 0 Å². The van der Waals surface area contributed by atoms with Gasteiger partial charge in [0, 0.05) is 29.8 Å². The van der Waals surface area contributed by atoms with Crippen molar-refractivity contribution in [2.75, 3.05) is 6.26 Å². The van der Waals surface area contributed by atoms with Crippen molar-refractivity contribution in [1.82, 2.24) is 4.57 Å². The number of nitriles is 1. The molecule has 0 bridgehead atoms. The van der Waals surface area contributed by atoms with Gasteiger partial charge in [-0.2, -0.15) is 5.26 Å². The minimum absolute atomic E-state index is 0.300. The van der Waals surface area contributed by atoms with Crippen LogP contribution in [0.15, 0.2) is 29.2 Å². The SMILES string of the molecule is Cn1c(Cl)c(C=C(C#N)S(C)(=O)=O)c2ccccc21. The molecule has 2 rings (SSSR count). The molecule has 0 fully saturated rings. The Hall–Kier alpha value is -1.77. The maximum atomic E-state index is 11.5. The summed E-state index contributed by atoms with van der Waals surface area (Å²) in [6.45, 7) is 0. The highest BCUT2D eigenvalue weighted by atomic mass is 35.5. The van der Waals surface area contributed by atoms with E-state index in [4.69, 9.17) is 16.9 Å². The van der Waals surface area contributed by atoms with E-state index in [0.29, 0.717) is 10.7 Å². The monoisotopic (exact) mass is 294 g/mol. The fraction of sp³-hybridized carbons (Fsp3) is 0.154. The zero-order chi connectivity index (χ0) is 14.2. The van der Waals surface area contributed by atoms with E-state index >= 15 is 0 Å². The van der Waals surface area contributed by atoms with E-state index in [1.54, 1.807) is 17.7 Å². The molecule has 0 saturated carbocycles. The number of nitrogens with zero attached hydrogens (tertiary/aromatic N) is 2. The number of rotatable bonds is 2. The average molecular weight is 295 g/mol. The van der Waals surface area contributed by atoms with E-state index in [1.165, 1.54) is 6.08 Å². The second-order valence-electron chi connectivity index (χ2n) is 4.17. The number of hydrogen-bond donors (Lipinski definition) is 0. The predicted octanol–water partition coefficient (Wildman–Crippen LogP) is 2.74. The molecule has 0 aliphatic rings. The van der Waals surface area contributed by atoms with E-state index in [2.05, 4.69) is 0 Å². The van der Waals surface area contributed by atoms with Gasteiger partial charge in [-0.15, -0.1) is 0 Å². The van der Waals surface area contributed by atoms with Gasteiger partial charge in [0.1, 0.15) is 16.1 Å². The van der Waals surface area contributed by atoms with Crippen LogP contribution in [0.1, 0.15) is 5.56 Å². The van der Waals surface area contributed by atoms with Crippen molar-refractivity contribution in [2.45, 2.75) is 0 Å². The summed E-state index contributed by atoms with van der Waals surface area (Å²) in [6, 6.07) is 9.12. The molecule has 0 unspecified atom stereocenters. The van der Waals surface area contributed by atoms with Crippen molar-refractivity contribution in [1.29, 1.82) is 5.26 Å². The summed E-state index contributed by atoms with van der Waals surface area (Å²) in [5.74, 6) is 0. The fourth-order valence-corrected chi connectivity index (χ4v) is 2.63. The molecule has 98 valence electrons. The van der Waals surface area contributed by atoms with Crippen LogP contribution in [0.5, 0.6) is 0 Å². The lowest BCUT2D eigenvalue weighted by atomic mass is 10.1. The van der Waals surface area contributed by atoms with Gasteiger partial charge in [-0.05, 0) is 12.1 Å². The molecule has 0 amide bonds. The van der Waals surface area contributed by atoms with Gasteiger partial charge < -0.3 is 4.57 Å². The first-order valence-electron chi connectivity index (χ1n) is 5.41. The zero-order valence-corrected chi connectivity index (χ0v) is 12.0. The highest BCUT2D eigenvalue weighted by molar-refractivity contribution is 7.95. The third-order valence-corrected chi connectivity index (χ3v) is 4.32. The van der Waals surface area contributed by atoms with Crippen LogP contribution in [0.3, 0.4) is 0 Å². The number of fused-ring (bicyclic) bond motifs is 1. The maximum absolute atomic E-state index is 11.5. The van der Waals surface area contributed by atoms with Crippen molar-refractivity contribution >= 4 is 38.4 Å². The highest BCUT2D eigenvalue weighted by Gasteiger charge is 2.16. The number of para-hydroxylation sites is 1.